The third-order valence-corrected chi connectivity index (χ3v) is 3.34. The van der Waals surface area contributed by atoms with Gasteiger partial charge in [-0.25, -0.2) is 0 Å². The van der Waals surface area contributed by atoms with Crippen molar-refractivity contribution in [2.75, 3.05) is 6.61 Å². The van der Waals surface area contributed by atoms with Gasteiger partial charge in [0.1, 0.15) is 0 Å². The molecule has 0 saturated carbocycles. The van der Waals surface area contributed by atoms with Crippen LogP contribution in [0.2, 0.25) is 0 Å². The van der Waals surface area contributed by atoms with Gasteiger partial charge in [-0.2, -0.15) is 0 Å². The molecule has 0 spiro atoms. The van der Waals surface area contributed by atoms with Gasteiger partial charge in [-0.15, -0.1) is 0 Å². The van der Waals surface area contributed by atoms with E-state index in [4.69, 9.17) is 10.8 Å². The predicted molar refractivity (Wildman–Crippen MR) is 70.5 cm³/mol. The molecule has 0 heterocycles. The van der Waals surface area contributed by atoms with Crippen molar-refractivity contribution in [1.29, 1.82) is 0 Å². The van der Waals surface area contributed by atoms with Crippen LogP contribution < -0.4 is 11.1 Å². The molecule has 0 aliphatic rings. The fourth-order valence-electron chi connectivity index (χ4n) is 1.63. The molecule has 0 aromatic rings. The predicted octanol–water partition coefficient (Wildman–Crippen LogP) is 1.27. The van der Waals surface area contributed by atoms with Gasteiger partial charge in [0, 0.05) is 12.6 Å². The molecule has 0 aliphatic heterocycles. The summed E-state index contributed by atoms with van der Waals surface area (Å²) in [4.78, 5) is 12.0. The zero-order valence-electron chi connectivity index (χ0n) is 11.8. The molecule has 0 aromatic heterocycles. The van der Waals surface area contributed by atoms with E-state index in [-0.39, 0.29) is 29.9 Å². The van der Waals surface area contributed by atoms with E-state index < -0.39 is 6.04 Å². The van der Waals surface area contributed by atoms with Crippen LogP contribution in [-0.4, -0.2) is 29.7 Å². The Hall–Kier alpha value is -0.610. The second-order valence-corrected chi connectivity index (χ2v) is 5.85. The van der Waals surface area contributed by atoms with E-state index in [0.717, 1.165) is 6.42 Å². The molecular weight excluding hydrogens is 216 g/mol. The smallest absolute Gasteiger partial charge is 0.237 e. The normalized spacial score (nSPS) is 17.4. The lowest BCUT2D eigenvalue weighted by molar-refractivity contribution is -0.125. The van der Waals surface area contributed by atoms with Crippen LogP contribution in [0.25, 0.3) is 0 Å². The first-order valence-corrected chi connectivity index (χ1v) is 6.40. The molecule has 3 atom stereocenters. The van der Waals surface area contributed by atoms with E-state index in [0.29, 0.717) is 6.42 Å². The Labute approximate surface area is 105 Å². The highest BCUT2D eigenvalue weighted by atomic mass is 16.3. The number of aliphatic hydroxyl groups excluding tert-OH is 1. The van der Waals surface area contributed by atoms with Crippen molar-refractivity contribution in [3.8, 4) is 0 Å². The van der Waals surface area contributed by atoms with Crippen LogP contribution in [0.4, 0.5) is 0 Å². The van der Waals surface area contributed by atoms with Crippen LogP contribution in [0.5, 0.6) is 0 Å². The van der Waals surface area contributed by atoms with Crippen molar-refractivity contribution in [1.82, 2.24) is 5.32 Å². The van der Waals surface area contributed by atoms with Crippen LogP contribution in [0.15, 0.2) is 0 Å². The Morgan fingerprint density at radius 1 is 1.41 bits per heavy atom. The Kier molecular flexibility index (Phi) is 6.72. The van der Waals surface area contributed by atoms with E-state index >= 15 is 0 Å². The number of aliphatic hydroxyl groups is 1. The minimum absolute atomic E-state index is 0.0462. The van der Waals surface area contributed by atoms with Crippen LogP contribution in [0.1, 0.15) is 47.5 Å². The summed E-state index contributed by atoms with van der Waals surface area (Å²) in [6.07, 6.45) is 1.44. The van der Waals surface area contributed by atoms with Crippen LogP contribution in [0.3, 0.4) is 0 Å². The number of nitrogens with one attached hydrogen (secondary N) is 1. The van der Waals surface area contributed by atoms with E-state index in [1.807, 2.05) is 34.6 Å². The molecule has 0 bridgehead atoms. The minimum Gasteiger partial charge on any atom is -0.396 e. The van der Waals surface area contributed by atoms with Gasteiger partial charge in [0.15, 0.2) is 0 Å². The first-order chi connectivity index (χ1) is 7.73. The summed E-state index contributed by atoms with van der Waals surface area (Å²) < 4.78 is 0. The van der Waals surface area contributed by atoms with E-state index in [2.05, 4.69) is 5.32 Å². The summed E-state index contributed by atoms with van der Waals surface area (Å²) in [7, 11) is 0. The molecule has 1 amide bonds. The summed E-state index contributed by atoms with van der Waals surface area (Å²) >= 11 is 0. The van der Waals surface area contributed by atoms with Gasteiger partial charge in [-0.1, -0.05) is 41.0 Å². The van der Waals surface area contributed by atoms with E-state index in [1.165, 1.54) is 0 Å². The molecule has 1 unspecified atom stereocenters. The number of hydrogen-bond donors (Lipinski definition) is 3. The summed E-state index contributed by atoms with van der Waals surface area (Å²) in [5, 5.41) is 12.0. The third kappa shape index (κ3) is 5.50. The number of hydrogen-bond acceptors (Lipinski definition) is 3. The number of carbonyl (C=O) groups excluding carboxylic acids is 1. The van der Waals surface area contributed by atoms with Crippen molar-refractivity contribution >= 4 is 5.91 Å². The molecular formula is C13H28N2O2. The number of carbonyl (C=O) groups is 1. The lowest BCUT2D eigenvalue weighted by Crippen LogP contribution is -2.52. The van der Waals surface area contributed by atoms with Crippen molar-refractivity contribution in [3.05, 3.63) is 0 Å². The zero-order chi connectivity index (χ0) is 13.6. The molecule has 0 fully saturated rings. The molecule has 4 nitrogen and oxygen atoms in total. The second-order valence-electron chi connectivity index (χ2n) is 5.85. The molecule has 0 aliphatic carbocycles. The van der Waals surface area contributed by atoms with Crippen LogP contribution in [0, 0.1) is 11.3 Å². The zero-order valence-corrected chi connectivity index (χ0v) is 11.8. The van der Waals surface area contributed by atoms with Gasteiger partial charge in [0.25, 0.3) is 0 Å². The topological polar surface area (TPSA) is 75.4 Å². The lowest BCUT2D eigenvalue weighted by atomic mass is 9.84. The van der Waals surface area contributed by atoms with Crippen molar-refractivity contribution in [3.63, 3.8) is 0 Å². The van der Waals surface area contributed by atoms with E-state index in [9.17, 15) is 4.79 Å². The average molecular weight is 244 g/mol. The molecule has 0 saturated heterocycles. The summed E-state index contributed by atoms with van der Waals surface area (Å²) in [5.74, 6) is 0.0532. The summed E-state index contributed by atoms with van der Waals surface area (Å²) in [6, 6.07) is -0.515. The standard InChI is InChI=1S/C13H28N2O2/c1-6-9(2)11(14)12(17)15-10(7-8-16)13(3,4)5/h9-11,16H,6-8,14H2,1-5H3,(H,15,17)/t9-,10?,11-/m0/s1. The maximum atomic E-state index is 12.0. The SMILES string of the molecule is CC[C@H](C)[C@H](N)C(=O)NC(CCO)C(C)(C)C. The highest BCUT2D eigenvalue weighted by Crippen LogP contribution is 2.22. The largest absolute Gasteiger partial charge is 0.396 e. The third-order valence-electron chi connectivity index (χ3n) is 3.34. The van der Waals surface area contributed by atoms with Gasteiger partial charge in [0.05, 0.1) is 6.04 Å². The first-order valence-electron chi connectivity index (χ1n) is 6.40. The Balaban J connectivity index is 4.51. The average Bonchev–Trinajstić information content (AvgIpc) is 2.24. The van der Waals surface area contributed by atoms with Crippen LogP contribution in [-0.2, 0) is 4.79 Å². The van der Waals surface area contributed by atoms with Crippen molar-refractivity contribution in [2.24, 2.45) is 17.1 Å². The van der Waals surface area contributed by atoms with Crippen molar-refractivity contribution < 1.29 is 9.90 Å². The summed E-state index contributed by atoms with van der Waals surface area (Å²) in [5.41, 5.74) is 5.81. The first kappa shape index (κ1) is 16.4. The fourth-order valence-corrected chi connectivity index (χ4v) is 1.63. The number of amides is 1. The van der Waals surface area contributed by atoms with Crippen molar-refractivity contribution in [2.45, 2.75) is 59.5 Å². The van der Waals surface area contributed by atoms with Gasteiger partial charge in [0.2, 0.25) is 5.91 Å². The Morgan fingerprint density at radius 3 is 2.29 bits per heavy atom. The lowest BCUT2D eigenvalue weighted by Gasteiger charge is -2.32. The minimum atomic E-state index is -0.469. The molecule has 0 aromatic carbocycles. The number of nitrogens with two attached hydrogens (primary N) is 1. The molecule has 0 rings (SSSR count). The maximum Gasteiger partial charge on any atom is 0.237 e. The summed E-state index contributed by atoms with van der Waals surface area (Å²) in [6.45, 7) is 10.2. The molecule has 17 heavy (non-hydrogen) atoms. The molecule has 0 radical (unpaired) electrons. The monoisotopic (exact) mass is 244 g/mol. The molecule has 4 heteroatoms. The highest BCUT2D eigenvalue weighted by Gasteiger charge is 2.28. The Bertz CT molecular complexity index is 236. The fraction of sp³-hybridized carbons (Fsp3) is 0.923. The van der Waals surface area contributed by atoms with Gasteiger partial charge in [-0.3, -0.25) is 4.79 Å². The molecule has 102 valence electrons. The second kappa shape index (κ2) is 6.97. The van der Waals surface area contributed by atoms with E-state index in [1.54, 1.807) is 0 Å². The number of rotatable bonds is 6. The van der Waals surface area contributed by atoms with Crippen LogP contribution >= 0.6 is 0 Å². The quantitative estimate of drug-likeness (QED) is 0.658. The van der Waals surface area contributed by atoms with Gasteiger partial charge >= 0.3 is 0 Å². The van der Waals surface area contributed by atoms with Gasteiger partial charge in [-0.05, 0) is 17.8 Å². The maximum absolute atomic E-state index is 12.0. The molecule has 4 N–H and O–H groups in total. The van der Waals surface area contributed by atoms with Gasteiger partial charge < -0.3 is 16.2 Å². The highest BCUT2D eigenvalue weighted by molar-refractivity contribution is 5.82. The Morgan fingerprint density at radius 2 is 1.94 bits per heavy atom.